The molecule has 1 aromatic carbocycles. The molecule has 1 saturated carbocycles. The summed E-state index contributed by atoms with van der Waals surface area (Å²) in [6.45, 7) is 1.87. The molecule has 2 rings (SSSR count). The van der Waals surface area contributed by atoms with Gasteiger partial charge in [0.1, 0.15) is 0 Å². The van der Waals surface area contributed by atoms with E-state index in [1.54, 1.807) is 0 Å². The molecule has 4 heteroatoms. The van der Waals surface area contributed by atoms with E-state index >= 15 is 0 Å². The third-order valence-electron chi connectivity index (χ3n) is 4.61. The van der Waals surface area contributed by atoms with Gasteiger partial charge in [0.15, 0.2) is 0 Å². The number of likely N-dealkylation sites (N-methyl/N-ethyl adjacent to an activating group) is 2. The molecule has 0 atom stereocenters. The molecule has 1 aliphatic carbocycles. The van der Waals surface area contributed by atoms with Crippen LogP contribution in [0.25, 0.3) is 0 Å². The number of hydrogen-bond donors (Lipinski definition) is 1. The fourth-order valence-corrected chi connectivity index (χ4v) is 3.21. The van der Waals surface area contributed by atoms with Crippen LogP contribution in [0, 0.1) is 0 Å². The first-order valence-corrected chi connectivity index (χ1v) is 7.68. The van der Waals surface area contributed by atoms with Crippen LogP contribution in [-0.4, -0.2) is 45.2 Å². The maximum absolute atomic E-state index is 6.36. The van der Waals surface area contributed by atoms with Gasteiger partial charge < -0.3 is 15.1 Å². The van der Waals surface area contributed by atoms with Crippen molar-refractivity contribution >= 4 is 17.3 Å². The van der Waals surface area contributed by atoms with E-state index in [1.807, 2.05) is 7.05 Å². The third kappa shape index (κ3) is 3.11. The minimum atomic E-state index is 0.338. The molecule has 0 aromatic heterocycles. The molecule has 0 aliphatic heterocycles. The normalized spacial score (nSPS) is 17.1. The Kier molecular flexibility index (Phi) is 4.95. The first-order valence-electron chi connectivity index (χ1n) is 7.30. The van der Waals surface area contributed by atoms with Gasteiger partial charge in [-0.1, -0.05) is 17.7 Å². The molecule has 0 spiro atoms. The summed E-state index contributed by atoms with van der Waals surface area (Å²) in [4.78, 5) is 4.71. The Morgan fingerprint density at radius 1 is 1.25 bits per heavy atom. The molecule has 0 heterocycles. The number of nitrogens with zero attached hydrogens (tertiary/aromatic N) is 2. The van der Waals surface area contributed by atoms with Crippen molar-refractivity contribution in [2.24, 2.45) is 0 Å². The van der Waals surface area contributed by atoms with Crippen molar-refractivity contribution < 1.29 is 0 Å². The summed E-state index contributed by atoms with van der Waals surface area (Å²) in [6, 6.07) is 6.37. The molecule has 0 unspecified atom stereocenters. The van der Waals surface area contributed by atoms with Gasteiger partial charge in [0.25, 0.3) is 0 Å². The van der Waals surface area contributed by atoms with Gasteiger partial charge >= 0.3 is 0 Å². The second-order valence-corrected chi connectivity index (χ2v) is 6.54. The molecular weight excluding hydrogens is 270 g/mol. The van der Waals surface area contributed by atoms with Crippen LogP contribution < -0.4 is 10.2 Å². The lowest BCUT2D eigenvalue weighted by Gasteiger charge is -2.49. The fourth-order valence-electron chi connectivity index (χ4n) is 2.97. The predicted molar refractivity (Wildman–Crippen MR) is 87.8 cm³/mol. The van der Waals surface area contributed by atoms with E-state index in [1.165, 1.54) is 24.9 Å². The zero-order valence-corrected chi connectivity index (χ0v) is 13.8. The Balaban J connectivity index is 2.09. The average molecular weight is 296 g/mol. The number of nitrogens with one attached hydrogen (secondary N) is 1. The molecule has 112 valence electrons. The highest BCUT2D eigenvalue weighted by molar-refractivity contribution is 6.31. The van der Waals surface area contributed by atoms with Gasteiger partial charge in [-0.25, -0.2) is 0 Å². The second kappa shape index (κ2) is 6.33. The SMILES string of the molecule is CNCc1ccc(N(C)CC2(N(C)C)CCC2)cc1Cl. The van der Waals surface area contributed by atoms with Crippen molar-refractivity contribution in [1.29, 1.82) is 0 Å². The molecular formula is C16H26ClN3. The molecule has 0 amide bonds. The van der Waals surface area contributed by atoms with Crippen LogP contribution in [-0.2, 0) is 6.54 Å². The van der Waals surface area contributed by atoms with Gasteiger partial charge in [0, 0.05) is 36.4 Å². The molecule has 0 saturated heterocycles. The summed E-state index contributed by atoms with van der Waals surface area (Å²) in [7, 11) is 8.48. The van der Waals surface area contributed by atoms with Crippen LogP contribution in [0.15, 0.2) is 18.2 Å². The van der Waals surface area contributed by atoms with Crippen molar-refractivity contribution in [2.45, 2.75) is 31.3 Å². The van der Waals surface area contributed by atoms with E-state index in [0.717, 1.165) is 23.7 Å². The van der Waals surface area contributed by atoms with E-state index in [-0.39, 0.29) is 0 Å². The van der Waals surface area contributed by atoms with Crippen LogP contribution in [0.1, 0.15) is 24.8 Å². The highest BCUT2D eigenvalue weighted by Gasteiger charge is 2.39. The van der Waals surface area contributed by atoms with Crippen LogP contribution in [0.3, 0.4) is 0 Å². The number of rotatable bonds is 6. The number of hydrogen-bond acceptors (Lipinski definition) is 3. The molecule has 0 radical (unpaired) electrons. The molecule has 0 bridgehead atoms. The Morgan fingerprint density at radius 3 is 2.40 bits per heavy atom. The highest BCUT2D eigenvalue weighted by Crippen LogP contribution is 2.37. The molecule has 20 heavy (non-hydrogen) atoms. The largest absolute Gasteiger partial charge is 0.373 e. The quantitative estimate of drug-likeness (QED) is 0.870. The molecule has 1 aliphatic rings. The summed E-state index contributed by atoms with van der Waals surface area (Å²) in [5.41, 5.74) is 2.69. The molecule has 3 nitrogen and oxygen atoms in total. The van der Waals surface area contributed by atoms with E-state index in [0.29, 0.717) is 5.54 Å². The summed E-state index contributed by atoms with van der Waals surface area (Å²) in [5.74, 6) is 0. The highest BCUT2D eigenvalue weighted by atomic mass is 35.5. The van der Waals surface area contributed by atoms with Crippen LogP contribution >= 0.6 is 11.6 Å². The molecule has 1 aromatic rings. The van der Waals surface area contributed by atoms with Crippen LogP contribution in [0.4, 0.5) is 5.69 Å². The first-order chi connectivity index (χ1) is 9.48. The summed E-state index contributed by atoms with van der Waals surface area (Å²) in [6.07, 6.45) is 3.92. The second-order valence-electron chi connectivity index (χ2n) is 6.13. The van der Waals surface area contributed by atoms with Gasteiger partial charge in [0.2, 0.25) is 0 Å². The van der Waals surface area contributed by atoms with Gasteiger partial charge in [0.05, 0.1) is 0 Å². The lowest BCUT2D eigenvalue weighted by Crippen LogP contribution is -2.56. The maximum atomic E-state index is 6.36. The minimum absolute atomic E-state index is 0.338. The van der Waals surface area contributed by atoms with Crippen molar-refractivity contribution in [3.8, 4) is 0 Å². The van der Waals surface area contributed by atoms with Gasteiger partial charge in [-0.3, -0.25) is 0 Å². The third-order valence-corrected chi connectivity index (χ3v) is 4.96. The maximum Gasteiger partial charge on any atom is 0.0471 e. The van der Waals surface area contributed by atoms with Crippen molar-refractivity contribution in [3.05, 3.63) is 28.8 Å². The average Bonchev–Trinajstić information content (AvgIpc) is 2.35. The lowest BCUT2D eigenvalue weighted by atomic mass is 9.75. The van der Waals surface area contributed by atoms with Crippen molar-refractivity contribution in [2.75, 3.05) is 39.6 Å². The van der Waals surface area contributed by atoms with Gasteiger partial charge in [-0.05, 0) is 58.1 Å². The van der Waals surface area contributed by atoms with Crippen LogP contribution in [0.2, 0.25) is 5.02 Å². The van der Waals surface area contributed by atoms with Crippen LogP contribution in [0.5, 0.6) is 0 Å². The zero-order chi connectivity index (χ0) is 14.8. The van der Waals surface area contributed by atoms with E-state index in [9.17, 15) is 0 Å². The van der Waals surface area contributed by atoms with Crippen molar-refractivity contribution in [3.63, 3.8) is 0 Å². The minimum Gasteiger partial charge on any atom is -0.373 e. The van der Waals surface area contributed by atoms with Gasteiger partial charge in [-0.2, -0.15) is 0 Å². The van der Waals surface area contributed by atoms with E-state index in [2.05, 4.69) is 54.5 Å². The van der Waals surface area contributed by atoms with E-state index in [4.69, 9.17) is 11.6 Å². The number of anilines is 1. The number of benzene rings is 1. The Hall–Kier alpha value is -0.770. The lowest BCUT2D eigenvalue weighted by molar-refractivity contribution is 0.0683. The monoisotopic (exact) mass is 295 g/mol. The standard InChI is InChI=1S/C16H26ClN3/c1-18-11-13-6-7-14(10-15(13)17)20(4)12-16(19(2)3)8-5-9-16/h6-7,10,18H,5,8-9,11-12H2,1-4H3. The summed E-state index contributed by atoms with van der Waals surface area (Å²) < 4.78 is 0. The molecule has 1 N–H and O–H groups in total. The number of halogens is 1. The Labute approximate surface area is 127 Å². The topological polar surface area (TPSA) is 18.5 Å². The first kappa shape index (κ1) is 15.6. The fraction of sp³-hybridized carbons (Fsp3) is 0.625. The predicted octanol–water partition coefficient (Wildman–Crippen LogP) is 2.98. The van der Waals surface area contributed by atoms with E-state index < -0.39 is 0 Å². The smallest absolute Gasteiger partial charge is 0.0471 e. The van der Waals surface area contributed by atoms with Crippen molar-refractivity contribution in [1.82, 2.24) is 10.2 Å². The Morgan fingerprint density at radius 2 is 1.95 bits per heavy atom. The summed E-state index contributed by atoms with van der Waals surface area (Å²) in [5, 5.41) is 3.98. The van der Waals surface area contributed by atoms with Gasteiger partial charge in [-0.15, -0.1) is 0 Å². The summed E-state index contributed by atoms with van der Waals surface area (Å²) >= 11 is 6.36. The zero-order valence-electron chi connectivity index (χ0n) is 13.0. The molecule has 1 fully saturated rings. The Bertz CT molecular complexity index is 455.